The van der Waals surface area contributed by atoms with E-state index in [9.17, 15) is 14.0 Å². The van der Waals surface area contributed by atoms with Gasteiger partial charge in [0.05, 0.1) is 11.6 Å². The number of ether oxygens (including phenoxy) is 3. The highest BCUT2D eigenvalue weighted by molar-refractivity contribution is 6.32. The van der Waals surface area contributed by atoms with Crippen LogP contribution < -0.4 is 9.47 Å². The van der Waals surface area contributed by atoms with Crippen molar-refractivity contribution in [3.8, 4) is 11.5 Å². The van der Waals surface area contributed by atoms with Crippen molar-refractivity contribution in [2.45, 2.75) is 79.2 Å². The molecule has 0 aromatic heterocycles. The Morgan fingerprint density at radius 1 is 0.909 bits per heavy atom. The number of rotatable bonds is 10. The number of hydrogen-bond donors (Lipinski definition) is 0. The Labute approximate surface area is 265 Å². The highest BCUT2D eigenvalue weighted by atomic mass is 35.5. The van der Waals surface area contributed by atoms with E-state index in [0.717, 1.165) is 41.8 Å². The molecule has 2 aromatic rings. The molecule has 1 aliphatic heterocycles. The standard InChI is InChI=1S/C36H43ClFNO5/c1-7-43-30-16-23(15-25(37)34(30)44-21-22-9-11-24(38)12-10-22)31-32-26(17-35(2,3)19-28(32)40)39(13-8-14-42-6)27-18-36(4,5)20-29(41)33(27)31/h9-12,15-16,31H,7-8,13-14,17-21H2,1-6H3. The first-order chi connectivity index (χ1) is 20.8. The van der Waals surface area contributed by atoms with Crippen LogP contribution >= 0.6 is 11.6 Å². The number of methoxy groups -OCH3 is 1. The number of benzene rings is 2. The third-order valence-electron chi connectivity index (χ3n) is 8.71. The zero-order valence-corrected chi connectivity index (χ0v) is 27.4. The minimum absolute atomic E-state index is 0.0629. The van der Waals surface area contributed by atoms with Gasteiger partial charge in [0, 0.05) is 61.6 Å². The molecule has 0 fully saturated rings. The molecule has 2 aliphatic carbocycles. The molecule has 236 valence electrons. The van der Waals surface area contributed by atoms with E-state index in [1.165, 1.54) is 12.1 Å². The van der Waals surface area contributed by atoms with Gasteiger partial charge in [-0.3, -0.25) is 9.59 Å². The second-order valence-electron chi connectivity index (χ2n) is 13.7. The van der Waals surface area contributed by atoms with E-state index >= 15 is 0 Å². The summed E-state index contributed by atoms with van der Waals surface area (Å²) in [6.07, 6.45) is 3.04. The lowest BCUT2D eigenvalue weighted by molar-refractivity contribution is -0.119. The van der Waals surface area contributed by atoms with E-state index in [4.69, 9.17) is 25.8 Å². The summed E-state index contributed by atoms with van der Waals surface area (Å²) >= 11 is 6.92. The first-order valence-electron chi connectivity index (χ1n) is 15.5. The van der Waals surface area contributed by atoms with Crippen molar-refractivity contribution in [2.24, 2.45) is 10.8 Å². The van der Waals surface area contributed by atoms with Crippen molar-refractivity contribution in [1.29, 1.82) is 0 Å². The van der Waals surface area contributed by atoms with Crippen LogP contribution in [0.15, 0.2) is 58.9 Å². The van der Waals surface area contributed by atoms with Crippen LogP contribution in [0.5, 0.6) is 11.5 Å². The monoisotopic (exact) mass is 623 g/mol. The van der Waals surface area contributed by atoms with Gasteiger partial charge >= 0.3 is 0 Å². The number of nitrogens with zero attached hydrogens (tertiary/aromatic N) is 1. The zero-order chi connectivity index (χ0) is 31.8. The summed E-state index contributed by atoms with van der Waals surface area (Å²) in [6, 6.07) is 9.77. The van der Waals surface area contributed by atoms with E-state index in [2.05, 4.69) is 32.6 Å². The molecule has 0 saturated carbocycles. The average Bonchev–Trinajstić information content (AvgIpc) is 2.92. The van der Waals surface area contributed by atoms with Gasteiger partial charge in [-0.05, 0) is 72.4 Å². The van der Waals surface area contributed by atoms with Crippen molar-refractivity contribution in [3.63, 3.8) is 0 Å². The molecule has 0 bridgehead atoms. The summed E-state index contributed by atoms with van der Waals surface area (Å²) in [5.74, 6) is 0.0689. The van der Waals surface area contributed by atoms with Gasteiger partial charge in [-0.2, -0.15) is 0 Å². The molecular formula is C36H43ClFNO5. The summed E-state index contributed by atoms with van der Waals surface area (Å²) in [4.78, 5) is 30.5. The van der Waals surface area contributed by atoms with Crippen LogP contribution in [0, 0.1) is 16.6 Å². The minimum Gasteiger partial charge on any atom is -0.490 e. The second kappa shape index (κ2) is 12.7. The molecule has 0 amide bonds. The Balaban J connectivity index is 1.65. The van der Waals surface area contributed by atoms with E-state index in [0.29, 0.717) is 60.3 Å². The van der Waals surface area contributed by atoms with E-state index in [-0.39, 0.29) is 34.8 Å². The lowest BCUT2D eigenvalue weighted by Crippen LogP contribution is -2.44. The van der Waals surface area contributed by atoms with Crippen LogP contribution in [0.1, 0.15) is 83.8 Å². The Kier molecular flexibility index (Phi) is 9.29. The Morgan fingerprint density at radius 2 is 1.50 bits per heavy atom. The molecule has 44 heavy (non-hydrogen) atoms. The van der Waals surface area contributed by atoms with Crippen LogP contribution in [-0.4, -0.2) is 43.3 Å². The average molecular weight is 624 g/mol. The van der Waals surface area contributed by atoms with Crippen molar-refractivity contribution in [1.82, 2.24) is 4.90 Å². The quantitative estimate of drug-likeness (QED) is 0.249. The summed E-state index contributed by atoms with van der Waals surface area (Å²) in [5.41, 5.74) is 4.48. The fourth-order valence-electron chi connectivity index (χ4n) is 6.91. The van der Waals surface area contributed by atoms with Crippen LogP contribution in [0.4, 0.5) is 4.39 Å². The molecule has 0 unspecified atom stereocenters. The van der Waals surface area contributed by atoms with Crippen LogP contribution in [-0.2, 0) is 20.9 Å². The minimum atomic E-state index is -0.547. The van der Waals surface area contributed by atoms with Crippen molar-refractivity contribution < 1.29 is 28.2 Å². The molecule has 8 heteroatoms. The molecule has 5 rings (SSSR count). The van der Waals surface area contributed by atoms with Crippen molar-refractivity contribution >= 4 is 23.2 Å². The van der Waals surface area contributed by atoms with Crippen molar-refractivity contribution in [2.75, 3.05) is 26.9 Å². The number of carbonyl (C=O) groups is 2. The van der Waals surface area contributed by atoms with Gasteiger partial charge in [0.1, 0.15) is 12.4 Å². The molecule has 2 aromatic carbocycles. The predicted octanol–water partition coefficient (Wildman–Crippen LogP) is 8.18. The molecule has 1 heterocycles. The third-order valence-corrected chi connectivity index (χ3v) is 8.99. The Hall–Kier alpha value is -3.16. The van der Waals surface area contributed by atoms with E-state index in [1.807, 2.05) is 19.1 Å². The number of carbonyl (C=O) groups excluding carboxylic acids is 2. The summed E-state index contributed by atoms with van der Waals surface area (Å²) in [5, 5.41) is 0.326. The maximum atomic E-state index is 14.1. The van der Waals surface area contributed by atoms with Gasteiger partial charge in [0.15, 0.2) is 23.1 Å². The largest absolute Gasteiger partial charge is 0.490 e. The van der Waals surface area contributed by atoms with Crippen LogP contribution in [0.2, 0.25) is 5.02 Å². The van der Waals surface area contributed by atoms with Gasteiger partial charge < -0.3 is 19.1 Å². The number of allylic oxidation sites excluding steroid dienone is 4. The summed E-state index contributed by atoms with van der Waals surface area (Å²) < 4.78 is 31.0. The molecule has 0 saturated heterocycles. The molecule has 0 N–H and O–H groups in total. The Bertz CT molecular complexity index is 1450. The topological polar surface area (TPSA) is 65.1 Å². The summed E-state index contributed by atoms with van der Waals surface area (Å²) in [7, 11) is 1.69. The smallest absolute Gasteiger partial charge is 0.180 e. The molecular weight excluding hydrogens is 581 g/mol. The molecule has 0 radical (unpaired) electrons. The van der Waals surface area contributed by atoms with Gasteiger partial charge in [-0.15, -0.1) is 0 Å². The molecule has 6 nitrogen and oxygen atoms in total. The first-order valence-corrected chi connectivity index (χ1v) is 15.8. The van der Waals surface area contributed by atoms with Crippen molar-refractivity contribution in [3.05, 3.63) is 80.9 Å². The lowest BCUT2D eigenvalue weighted by atomic mass is 9.63. The number of hydrogen-bond acceptors (Lipinski definition) is 6. The van der Waals surface area contributed by atoms with Gasteiger partial charge in [0.2, 0.25) is 0 Å². The normalized spacial score (nSPS) is 19.7. The van der Waals surface area contributed by atoms with Gasteiger partial charge in [0.25, 0.3) is 0 Å². The van der Waals surface area contributed by atoms with Crippen LogP contribution in [0.25, 0.3) is 0 Å². The second-order valence-corrected chi connectivity index (χ2v) is 14.1. The third kappa shape index (κ3) is 6.59. The van der Waals surface area contributed by atoms with Gasteiger partial charge in [-0.1, -0.05) is 51.4 Å². The highest BCUT2D eigenvalue weighted by Crippen LogP contribution is 2.55. The van der Waals surface area contributed by atoms with Crippen LogP contribution in [0.3, 0.4) is 0 Å². The zero-order valence-electron chi connectivity index (χ0n) is 26.6. The molecule has 0 spiro atoms. The summed E-state index contributed by atoms with van der Waals surface area (Å²) in [6.45, 7) is 12.2. The number of Topliss-reactive ketones (excluding diaryl/α,β-unsaturated/α-hetero) is 2. The van der Waals surface area contributed by atoms with Gasteiger partial charge in [-0.25, -0.2) is 4.39 Å². The fraction of sp³-hybridized carbons (Fsp3) is 0.500. The highest BCUT2D eigenvalue weighted by Gasteiger charge is 2.49. The molecule has 0 atom stereocenters. The fourth-order valence-corrected chi connectivity index (χ4v) is 7.19. The SMILES string of the molecule is CCOc1cc(C2C3=C(CC(C)(C)CC3=O)N(CCCOC)C3=C2C(=O)CC(C)(C)C3)cc(Cl)c1OCc1ccc(F)cc1. The predicted molar refractivity (Wildman–Crippen MR) is 169 cm³/mol. The first kappa shape index (κ1) is 32.2. The maximum Gasteiger partial charge on any atom is 0.180 e. The number of halogens is 2. The van der Waals surface area contributed by atoms with E-state index < -0.39 is 5.92 Å². The Morgan fingerprint density at radius 3 is 2.05 bits per heavy atom. The van der Waals surface area contributed by atoms with E-state index in [1.54, 1.807) is 19.2 Å². The maximum absolute atomic E-state index is 14.1. The number of ketones is 2. The lowest BCUT2D eigenvalue weighted by Gasteiger charge is -2.49. The molecule has 3 aliphatic rings.